The number of aryl methyl sites for hydroxylation is 2. The summed E-state index contributed by atoms with van der Waals surface area (Å²) in [5, 5.41) is 0.0515. The lowest BCUT2D eigenvalue weighted by Gasteiger charge is -2.08. The quantitative estimate of drug-likeness (QED) is 0.851. The zero-order valence-electron chi connectivity index (χ0n) is 10.6. The Labute approximate surface area is 118 Å². The first-order chi connectivity index (χ1) is 9.20. The molecule has 0 amide bonds. The fourth-order valence-corrected chi connectivity index (χ4v) is 3.69. The molecule has 3 N–H and O–H groups in total. The molecule has 0 aliphatic heterocycles. The van der Waals surface area contributed by atoms with Gasteiger partial charge in [0.05, 0.1) is 5.69 Å². The molecule has 1 heterocycles. The Kier molecular flexibility index (Phi) is 3.65. The summed E-state index contributed by atoms with van der Waals surface area (Å²) < 4.78 is 53.4. The van der Waals surface area contributed by atoms with Gasteiger partial charge >= 0.3 is 0 Å². The van der Waals surface area contributed by atoms with E-state index in [0.29, 0.717) is 5.69 Å². The molecule has 9 heteroatoms. The van der Waals surface area contributed by atoms with Crippen LogP contribution >= 0.6 is 11.3 Å². The van der Waals surface area contributed by atoms with E-state index in [1.54, 1.807) is 13.8 Å². The SMILES string of the molecule is Cc1nc(NS(=O)(=O)c2c(F)cc(N)cc2F)sc1C. The Morgan fingerprint density at radius 1 is 1.25 bits per heavy atom. The largest absolute Gasteiger partial charge is 0.399 e. The normalized spacial score (nSPS) is 11.6. The summed E-state index contributed by atoms with van der Waals surface area (Å²) in [5.41, 5.74) is 5.69. The summed E-state index contributed by atoms with van der Waals surface area (Å²) in [5.74, 6) is -2.50. The zero-order chi connectivity index (χ0) is 15.1. The van der Waals surface area contributed by atoms with Crippen molar-refractivity contribution in [1.82, 2.24) is 4.98 Å². The summed E-state index contributed by atoms with van der Waals surface area (Å²) in [4.78, 5) is 3.69. The molecule has 0 saturated heterocycles. The molecule has 0 spiro atoms. The molecule has 0 bridgehead atoms. The summed E-state index contributed by atoms with van der Waals surface area (Å²) in [6.45, 7) is 3.46. The van der Waals surface area contributed by atoms with E-state index in [-0.39, 0.29) is 10.8 Å². The molecular formula is C11H11F2N3O2S2. The van der Waals surface area contributed by atoms with Crippen molar-refractivity contribution in [1.29, 1.82) is 0 Å². The second-order valence-electron chi connectivity index (χ2n) is 4.08. The van der Waals surface area contributed by atoms with Crippen molar-refractivity contribution in [2.75, 3.05) is 10.5 Å². The molecule has 0 saturated carbocycles. The van der Waals surface area contributed by atoms with Crippen LogP contribution in [0.1, 0.15) is 10.6 Å². The van der Waals surface area contributed by atoms with Gasteiger partial charge in [-0.15, -0.1) is 11.3 Å². The van der Waals surface area contributed by atoms with Gasteiger partial charge in [-0.3, -0.25) is 4.72 Å². The van der Waals surface area contributed by atoms with E-state index < -0.39 is 26.6 Å². The van der Waals surface area contributed by atoms with Crippen molar-refractivity contribution < 1.29 is 17.2 Å². The predicted octanol–water partition coefficient (Wildman–Crippen LogP) is 2.42. The Morgan fingerprint density at radius 3 is 2.25 bits per heavy atom. The third-order valence-electron chi connectivity index (χ3n) is 2.54. The molecule has 0 unspecified atom stereocenters. The second-order valence-corrected chi connectivity index (χ2v) is 6.90. The van der Waals surface area contributed by atoms with Gasteiger partial charge < -0.3 is 5.73 Å². The lowest BCUT2D eigenvalue weighted by atomic mass is 10.3. The number of anilines is 2. The van der Waals surface area contributed by atoms with Gasteiger partial charge in [-0.05, 0) is 26.0 Å². The number of hydrogen-bond acceptors (Lipinski definition) is 5. The van der Waals surface area contributed by atoms with Crippen LogP contribution in [0.15, 0.2) is 17.0 Å². The first-order valence-electron chi connectivity index (χ1n) is 5.42. The average molecular weight is 319 g/mol. The van der Waals surface area contributed by atoms with Gasteiger partial charge in [-0.25, -0.2) is 22.2 Å². The van der Waals surface area contributed by atoms with Crippen LogP contribution in [0.5, 0.6) is 0 Å². The molecule has 2 aromatic rings. The molecule has 0 radical (unpaired) electrons. The van der Waals surface area contributed by atoms with Gasteiger partial charge in [-0.2, -0.15) is 0 Å². The molecule has 108 valence electrons. The Hall–Kier alpha value is -1.74. The van der Waals surface area contributed by atoms with Crippen LogP contribution < -0.4 is 10.5 Å². The van der Waals surface area contributed by atoms with E-state index in [9.17, 15) is 17.2 Å². The maximum Gasteiger partial charge on any atom is 0.269 e. The van der Waals surface area contributed by atoms with Gasteiger partial charge in [0.25, 0.3) is 10.0 Å². The number of sulfonamides is 1. The van der Waals surface area contributed by atoms with Crippen molar-refractivity contribution in [3.63, 3.8) is 0 Å². The number of hydrogen-bond donors (Lipinski definition) is 2. The maximum atomic E-state index is 13.6. The van der Waals surface area contributed by atoms with Crippen LogP contribution in [0.2, 0.25) is 0 Å². The monoisotopic (exact) mass is 319 g/mol. The van der Waals surface area contributed by atoms with Crippen LogP contribution in [0.25, 0.3) is 0 Å². The molecule has 1 aromatic heterocycles. The third kappa shape index (κ3) is 2.73. The minimum absolute atomic E-state index is 0.0515. The minimum atomic E-state index is -4.40. The molecule has 0 atom stereocenters. The lowest BCUT2D eigenvalue weighted by molar-refractivity contribution is 0.522. The van der Waals surface area contributed by atoms with E-state index in [4.69, 9.17) is 5.73 Å². The van der Waals surface area contributed by atoms with E-state index >= 15 is 0 Å². The van der Waals surface area contributed by atoms with Gasteiger partial charge in [0, 0.05) is 10.6 Å². The number of benzene rings is 1. The van der Waals surface area contributed by atoms with Gasteiger partial charge in [0.15, 0.2) is 10.0 Å². The number of aromatic nitrogens is 1. The van der Waals surface area contributed by atoms with Crippen LogP contribution in [-0.2, 0) is 10.0 Å². The standard InChI is InChI=1S/C11H11F2N3O2S2/c1-5-6(2)19-11(15-5)16-20(17,18)10-8(12)3-7(14)4-9(10)13/h3-4H,14H2,1-2H3,(H,15,16). The number of thiazole rings is 1. The van der Waals surface area contributed by atoms with Crippen LogP contribution in [0.3, 0.4) is 0 Å². The highest BCUT2D eigenvalue weighted by molar-refractivity contribution is 7.93. The van der Waals surface area contributed by atoms with E-state index in [0.717, 1.165) is 28.3 Å². The Morgan fingerprint density at radius 2 is 1.80 bits per heavy atom. The van der Waals surface area contributed by atoms with Crippen molar-refractivity contribution >= 4 is 32.2 Å². The van der Waals surface area contributed by atoms with E-state index in [2.05, 4.69) is 9.71 Å². The topological polar surface area (TPSA) is 85.1 Å². The molecule has 0 aliphatic carbocycles. The number of halogens is 2. The Bertz CT molecular complexity index is 729. The summed E-state index contributed by atoms with van der Waals surface area (Å²) in [6, 6.07) is 1.49. The van der Waals surface area contributed by atoms with E-state index in [1.165, 1.54) is 0 Å². The molecule has 0 aliphatic rings. The zero-order valence-corrected chi connectivity index (χ0v) is 12.2. The number of rotatable bonds is 3. The van der Waals surface area contributed by atoms with Crippen LogP contribution in [-0.4, -0.2) is 13.4 Å². The number of nitrogen functional groups attached to an aromatic ring is 1. The molecule has 5 nitrogen and oxygen atoms in total. The first-order valence-corrected chi connectivity index (χ1v) is 7.72. The number of nitrogens with two attached hydrogens (primary N) is 1. The van der Waals surface area contributed by atoms with Crippen LogP contribution in [0, 0.1) is 25.5 Å². The summed E-state index contributed by atoms with van der Waals surface area (Å²) in [7, 11) is -4.40. The molecule has 2 rings (SSSR count). The van der Waals surface area contributed by atoms with Crippen molar-refractivity contribution in [2.45, 2.75) is 18.7 Å². The predicted molar refractivity (Wildman–Crippen MR) is 73.2 cm³/mol. The number of nitrogens with one attached hydrogen (secondary N) is 1. The van der Waals surface area contributed by atoms with Gasteiger partial charge in [-0.1, -0.05) is 0 Å². The maximum absolute atomic E-state index is 13.6. The fraction of sp³-hybridized carbons (Fsp3) is 0.182. The number of nitrogens with zero attached hydrogens (tertiary/aromatic N) is 1. The Balaban J connectivity index is 2.46. The second kappa shape index (κ2) is 4.98. The lowest BCUT2D eigenvalue weighted by Crippen LogP contribution is -2.16. The highest BCUT2D eigenvalue weighted by Crippen LogP contribution is 2.27. The summed E-state index contributed by atoms with van der Waals surface area (Å²) >= 11 is 1.08. The average Bonchev–Trinajstić information content (AvgIpc) is 2.54. The highest BCUT2D eigenvalue weighted by atomic mass is 32.2. The molecule has 20 heavy (non-hydrogen) atoms. The third-order valence-corrected chi connectivity index (χ3v) is 5.05. The molecule has 0 fully saturated rings. The van der Waals surface area contributed by atoms with Gasteiger partial charge in [0.1, 0.15) is 11.6 Å². The molecule has 1 aromatic carbocycles. The summed E-state index contributed by atoms with van der Waals surface area (Å²) in [6.07, 6.45) is 0. The van der Waals surface area contributed by atoms with Crippen LogP contribution in [0.4, 0.5) is 19.6 Å². The van der Waals surface area contributed by atoms with Gasteiger partial charge in [0.2, 0.25) is 0 Å². The van der Waals surface area contributed by atoms with E-state index in [1.807, 2.05) is 0 Å². The van der Waals surface area contributed by atoms with Crippen molar-refractivity contribution in [3.8, 4) is 0 Å². The smallest absolute Gasteiger partial charge is 0.269 e. The first kappa shape index (κ1) is 14.7. The fourth-order valence-electron chi connectivity index (χ4n) is 1.52. The molecular weight excluding hydrogens is 308 g/mol. The van der Waals surface area contributed by atoms with Crippen molar-refractivity contribution in [2.24, 2.45) is 0 Å². The minimum Gasteiger partial charge on any atom is -0.399 e. The highest BCUT2D eigenvalue weighted by Gasteiger charge is 2.26. The van der Waals surface area contributed by atoms with Crippen molar-refractivity contribution in [3.05, 3.63) is 34.3 Å².